The van der Waals surface area contributed by atoms with Gasteiger partial charge in [-0.3, -0.25) is 13.9 Å². The van der Waals surface area contributed by atoms with Gasteiger partial charge >= 0.3 is 0 Å². The summed E-state index contributed by atoms with van der Waals surface area (Å²) in [5.74, 6) is -0.352. The largest absolute Gasteiger partial charge is 0.486 e. The van der Waals surface area contributed by atoms with Crippen molar-refractivity contribution in [3.8, 4) is 11.5 Å². The lowest BCUT2D eigenvalue weighted by atomic mass is 10.1. The topological polar surface area (TPSA) is 105 Å². The Kier molecular flexibility index (Phi) is 9.32. The number of halogens is 2. The van der Waals surface area contributed by atoms with Crippen LogP contribution in [0.1, 0.15) is 26.3 Å². The first kappa shape index (κ1) is 27.9. The molecule has 2 aromatic rings. The summed E-state index contributed by atoms with van der Waals surface area (Å²) in [5.41, 5.74) is 0.699. The molecule has 0 radical (unpaired) electrons. The number of carbonyl (C=O) groups is 2. The minimum Gasteiger partial charge on any atom is -0.486 e. The van der Waals surface area contributed by atoms with Gasteiger partial charge in [0.1, 0.15) is 25.8 Å². The number of anilines is 1. The summed E-state index contributed by atoms with van der Waals surface area (Å²) in [5, 5.41) is 3.35. The molecule has 0 saturated heterocycles. The zero-order valence-electron chi connectivity index (χ0n) is 20.3. The van der Waals surface area contributed by atoms with Gasteiger partial charge in [-0.25, -0.2) is 8.42 Å². The molecule has 2 aromatic carbocycles. The third-order valence-corrected chi connectivity index (χ3v) is 8.15. The number of fused-ring (bicyclic) bond motifs is 1. The first-order valence-corrected chi connectivity index (χ1v) is 13.9. The van der Waals surface area contributed by atoms with Crippen molar-refractivity contribution in [2.45, 2.75) is 33.4 Å². The van der Waals surface area contributed by atoms with E-state index in [1.165, 1.54) is 17.9 Å². The number of benzene rings is 2. The van der Waals surface area contributed by atoms with E-state index < -0.39 is 34.4 Å². The molecule has 12 heteroatoms. The third-order valence-electron chi connectivity index (χ3n) is 5.70. The van der Waals surface area contributed by atoms with Crippen LogP contribution in [0, 0.1) is 0 Å². The lowest BCUT2D eigenvalue weighted by Crippen LogP contribution is -2.51. The van der Waals surface area contributed by atoms with Gasteiger partial charge in [-0.05, 0) is 45.0 Å². The number of hydrogen-bond acceptors (Lipinski definition) is 6. The molecule has 196 valence electrons. The van der Waals surface area contributed by atoms with Crippen LogP contribution in [0.3, 0.4) is 0 Å². The van der Waals surface area contributed by atoms with Crippen LogP contribution in [0.5, 0.6) is 11.5 Å². The number of hydrogen-bond donors (Lipinski definition) is 1. The smallest absolute Gasteiger partial charge is 0.244 e. The van der Waals surface area contributed by atoms with Gasteiger partial charge < -0.3 is 19.7 Å². The number of sulfonamides is 1. The first-order chi connectivity index (χ1) is 17.1. The monoisotopic (exact) mass is 557 g/mol. The van der Waals surface area contributed by atoms with E-state index in [1.54, 1.807) is 44.2 Å². The zero-order chi connectivity index (χ0) is 26.5. The molecular weight excluding hydrogens is 529 g/mol. The lowest BCUT2D eigenvalue weighted by molar-refractivity contribution is -0.139. The highest BCUT2D eigenvalue weighted by atomic mass is 35.5. The van der Waals surface area contributed by atoms with Crippen molar-refractivity contribution in [1.82, 2.24) is 10.2 Å². The van der Waals surface area contributed by atoms with E-state index >= 15 is 0 Å². The van der Waals surface area contributed by atoms with Gasteiger partial charge in [0.05, 0.1) is 11.4 Å². The van der Waals surface area contributed by atoms with Gasteiger partial charge in [-0.15, -0.1) is 0 Å². The molecule has 0 spiro atoms. The van der Waals surface area contributed by atoms with Crippen molar-refractivity contribution in [2.24, 2.45) is 0 Å². The summed E-state index contributed by atoms with van der Waals surface area (Å²) in [7, 11) is -3.88. The summed E-state index contributed by atoms with van der Waals surface area (Å²) >= 11 is 12.7. The molecule has 0 fully saturated rings. The molecule has 0 saturated carbocycles. The average Bonchev–Trinajstić information content (AvgIpc) is 2.86. The van der Waals surface area contributed by atoms with Gasteiger partial charge in [0.15, 0.2) is 11.5 Å². The third kappa shape index (κ3) is 6.35. The highest BCUT2D eigenvalue weighted by Gasteiger charge is 2.32. The van der Waals surface area contributed by atoms with Gasteiger partial charge in [-0.1, -0.05) is 29.3 Å². The van der Waals surface area contributed by atoms with Crippen LogP contribution < -0.4 is 19.1 Å². The molecule has 1 aliphatic heterocycles. The SMILES string of the molecule is CCNC(=O)C(C)N(Cc1c(Cl)cccc1Cl)C(=O)CN(c1ccc2c(c1)OCCO2)S(=O)(=O)CC. The molecule has 1 unspecified atom stereocenters. The number of nitrogens with one attached hydrogen (secondary N) is 1. The maximum atomic E-state index is 13.7. The van der Waals surface area contributed by atoms with E-state index in [2.05, 4.69) is 5.32 Å². The van der Waals surface area contributed by atoms with Crippen molar-refractivity contribution in [2.75, 3.05) is 36.4 Å². The molecule has 0 aliphatic carbocycles. The van der Waals surface area contributed by atoms with Crippen LogP contribution in [0.25, 0.3) is 0 Å². The van der Waals surface area contributed by atoms with Gasteiger partial charge in [0, 0.05) is 34.8 Å². The molecule has 2 amide bonds. The number of nitrogens with zero attached hydrogens (tertiary/aromatic N) is 2. The van der Waals surface area contributed by atoms with Crippen molar-refractivity contribution < 1.29 is 27.5 Å². The normalized spacial score (nSPS) is 13.6. The van der Waals surface area contributed by atoms with Gasteiger partial charge in [-0.2, -0.15) is 0 Å². The standard InChI is InChI=1S/C24H29Cl2N3O6S/c1-4-27-24(31)16(3)28(14-18-19(25)7-6-8-20(18)26)23(30)15-29(36(32,33)5-2)17-9-10-21-22(13-17)35-12-11-34-21/h6-10,13,16H,4-5,11-12,14-15H2,1-3H3,(H,27,31). The maximum absolute atomic E-state index is 13.7. The minimum atomic E-state index is -3.88. The average molecular weight is 558 g/mol. The highest BCUT2D eigenvalue weighted by Crippen LogP contribution is 2.35. The van der Waals surface area contributed by atoms with Crippen molar-refractivity contribution >= 4 is 50.7 Å². The first-order valence-electron chi connectivity index (χ1n) is 11.5. The van der Waals surface area contributed by atoms with Crippen LogP contribution in [-0.4, -0.2) is 63.2 Å². The number of rotatable bonds is 10. The van der Waals surface area contributed by atoms with E-state index in [1.807, 2.05) is 0 Å². The Morgan fingerprint density at radius 1 is 1.06 bits per heavy atom. The second-order valence-electron chi connectivity index (χ2n) is 8.03. The summed E-state index contributed by atoms with van der Waals surface area (Å²) in [6, 6.07) is 8.69. The van der Waals surface area contributed by atoms with Crippen molar-refractivity contribution in [1.29, 1.82) is 0 Å². The number of likely N-dealkylation sites (N-methyl/N-ethyl adjacent to an activating group) is 1. The molecule has 1 N–H and O–H groups in total. The fraction of sp³-hybridized carbons (Fsp3) is 0.417. The summed E-state index contributed by atoms with van der Waals surface area (Å²) in [4.78, 5) is 27.6. The summed E-state index contributed by atoms with van der Waals surface area (Å²) < 4.78 is 38.2. The number of ether oxygens (including phenoxy) is 2. The second-order valence-corrected chi connectivity index (χ2v) is 11.0. The zero-order valence-corrected chi connectivity index (χ0v) is 22.6. The minimum absolute atomic E-state index is 0.0865. The Hall–Kier alpha value is -2.69. The van der Waals surface area contributed by atoms with Gasteiger partial charge in [0.2, 0.25) is 21.8 Å². The molecule has 0 bridgehead atoms. The highest BCUT2D eigenvalue weighted by molar-refractivity contribution is 7.92. The summed E-state index contributed by atoms with van der Waals surface area (Å²) in [6.07, 6.45) is 0. The lowest BCUT2D eigenvalue weighted by Gasteiger charge is -2.32. The number of amides is 2. The van der Waals surface area contributed by atoms with E-state index in [-0.39, 0.29) is 18.0 Å². The van der Waals surface area contributed by atoms with E-state index in [0.29, 0.717) is 46.9 Å². The molecule has 0 aromatic heterocycles. The predicted molar refractivity (Wildman–Crippen MR) is 139 cm³/mol. The molecule has 1 heterocycles. The van der Waals surface area contributed by atoms with Crippen LogP contribution >= 0.6 is 23.2 Å². The predicted octanol–water partition coefficient (Wildman–Crippen LogP) is 3.47. The van der Waals surface area contributed by atoms with Crippen LogP contribution in [0.15, 0.2) is 36.4 Å². The molecule has 36 heavy (non-hydrogen) atoms. The summed E-state index contributed by atoms with van der Waals surface area (Å²) in [6.45, 7) is 5.27. The molecule has 1 atom stereocenters. The molecule has 9 nitrogen and oxygen atoms in total. The van der Waals surface area contributed by atoms with Crippen molar-refractivity contribution in [3.05, 3.63) is 52.0 Å². The fourth-order valence-electron chi connectivity index (χ4n) is 3.67. The van der Waals surface area contributed by atoms with Crippen molar-refractivity contribution in [3.63, 3.8) is 0 Å². The van der Waals surface area contributed by atoms with E-state index in [4.69, 9.17) is 32.7 Å². The number of carbonyl (C=O) groups excluding carboxylic acids is 2. The maximum Gasteiger partial charge on any atom is 0.244 e. The molecule has 1 aliphatic rings. The Bertz CT molecular complexity index is 1200. The van der Waals surface area contributed by atoms with Crippen LogP contribution in [0.2, 0.25) is 10.0 Å². The van der Waals surface area contributed by atoms with E-state index in [9.17, 15) is 18.0 Å². The van der Waals surface area contributed by atoms with E-state index in [0.717, 1.165) is 4.31 Å². The van der Waals surface area contributed by atoms with Crippen LogP contribution in [-0.2, 0) is 26.2 Å². The second kappa shape index (κ2) is 12.0. The Balaban J connectivity index is 1.98. The Morgan fingerprint density at radius 3 is 2.31 bits per heavy atom. The fourth-order valence-corrected chi connectivity index (χ4v) is 5.24. The Labute approximate surface area is 221 Å². The quantitative estimate of drug-likeness (QED) is 0.479. The van der Waals surface area contributed by atoms with Crippen LogP contribution in [0.4, 0.5) is 5.69 Å². The van der Waals surface area contributed by atoms with Gasteiger partial charge in [0.25, 0.3) is 0 Å². The molecule has 3 rings (SSSR count). The Morgan fingerprint density at radius 2 is 1.69 bits per heavy atom. The molecular formula is C24H29Cl2N3O6S.